The van der Waals surface area contributed by atoms with Crippen LogP contribution in [0.1, 0.15) is 63.7 Å². The van der Waals surface area contributed by atoms with Gasteiger partial charge in [0.15, 0.2) is 5.82 Å². The van der Waals surface area contributed by atoms with Crippen LogP contribution in [0, 0.1) is 0 Å². The molecule has 7 nitrogen and oxygen atoms in total. The largest absolute Gasteiger partial charge is 0.378 e. The van der Waals surface area contributed by atoms with E-state index in [1.165, 1.54) is 0 Å². The van der Waals surface area contributed by atoms with Gasteiger partial charge < -0.3 is 14.6 Å². The van der Waals surface area contributed by atoms with Gasteiger partial charge in [0.05, 0.1) is 18.8 Å². The molecular formula is C17H28N6O. The first-order valence-electron chi connectivity index (χ1n) is 8.21. The molecule has 0 saturated heterocycles. The van der Waals surface area contributed by atoms with Gasteiger partial charge in [0.2, 0.25) is 0 Å². The molecule has 0 spiro atoms. The number of nitrogens with one attached hydrogen (secondary N) is 1. The van der Waals surface area contributed by atoms with Crippen LogP contribution in [0.3, 0.4) is 0 Å². The first kappa shape index (κ1) is 18.3. The van der Waals surface area contributed by atoms with Crippen molar-refractivity contribution in [3.05, 3.63) is 29.2 Å². The maximum Gasteiger partial charge on any atom is 0.152 e. The minimum atomic E-state index is -0.129. The summed E-state index contributed by atoms with van der Waals surface area (Å²) in [4.78, 5) is 9.22. The molecular weight excluding hydrogens is 304 g/mol. The third-order valence-electron chi connectivity index (χ3n) is 3.68. The lowest BCUT2D eigenvalue weighted by Gasteiger charge is -2.19. The molecule has 0 saturated carbocycles. The summed E-state index contributed by atoms with van der Waals surface area (Å²) in [6.07, 6.45) is 0. The van der Waals surface area contributed by atoms with Crippen LogP contribution in [-0.4, -0.2) is 31.8 Å². The number of hydrogen-bond donors (Lipinski definition) is 1. The van der Waals surface area contributed by atoms with E-state index in [-0.39, 0.29) is 5.41 Å². The summed E-state index contributed by atoms with van der Waals surface area (Å²) in [5.74, 6) is 3.76. The van der Waals surface area contributed by atoms with Crippen LogP contribution in [0.25, 0.3) is 0 Å². The molecule has 0 bridgehead atoms. The van der Waals surface area contributed by atoms with Gasteiger partial charge in [-0.1, -0.05) is 34.6 Å². The summed E-state index contributed by atoms with van der Waals surface area (Å²) in [6.45, 7) is 11.5. The number of rotatable bonds is 6. The molecule has 0 amide bonds. The Bertz CT molecular complexity index is 687. The summed E-state index contributed by atoms with van der Waals surface area (Å²) >= 11 is 0. The predicted octanol–water partition coefficient (Wildman–Crippen LogP) is 2.78. The van der Waals surface area contributed by atoms with E-state index in [0.717, 1.165) is 29.0 Å². The van der Waals surface area contributed by atoms with E-state index in [4.69, 9.17) is 4.74 Å². The molecule has 0 radical (unpaired) electrons. The van der Waals surface area contributed by atoms with Crippen molar-refractivity contribution >= 4 is 5.82 Å². The van der Waals surface area contributed by atoms with Crippen molar-refractivity contribution in [3.63, 3.8) is 0 Å². The third kappa shape index (κ3) is 4.29. The van der Waals surface area contributed by atoms with E-state index in [2.05, 4.69) is 60.1 Å². The van der Waals surface area contributed by atoms with Gasteiger partial charge in [0.25, 0.3) is 0 Å². The molecule has 0 aromatic carbocycles. The Morgan fingerprint density at radius 2 is 1.92 bits per heavy atom. The highest BCUT2D eigenvalue weighted by atomic mass is 16.5. The summed E-state index contributed by atoms with van der Waals surface area (Å²) in [7, 11) is 3.65. The number of methoxy groups -OCH3 is 1. The zero-order valence-electron chi connectivity index (χ0n) is 15.7. The molecule has 0 aliphatic rings. The number of ether oxygens (including phenoxy) is 1. The van der Waals surface area contributed by atoms with Crippen molar-refractivity contribution < 1.29 is 4.74 Å². The second-order valence-electron chi connectivity index (χ2n) is 7.29. The molecule has 0 atom stereocenters. The van der Waals surface area contributed by atoms with E-state index in [1.54, 1.807) is 7.11 Å². The Labute approximate surface area is 143 Å². The lowest BCUT2D eigenvalue weighted by Crippen LogP contribution is -2.19. The van der Waals surface area contributed by atoms with Crippen LogP contribution >= 0.6 is 0 Å². The second kappa shape index (κ2) is 7.25. The van der Waals surface area contributed by atoms with Gasteiger partial charge in [-0.2, -0.15) is 0 Å². The highest BCUT2D eigenvalue weighted by Crippen LogP contribution is 2.21. The first-order valence-corrected chi connectivity index (χ1v) is 8.21. The molecule has 0 aliphatic carbocycles. The molecule has 0 fully saturated rings. The molecule has 7 heteroatoms. The number of hydrogen-bond acceptors (Lipinski definition) is 6. The molecule has 2 heterocycles. The quantitative estimate of drug-likeness (QED) is 0.876. The lowest BCUT2D eigenvalue weighted by molar-refractivity contribution is 0.181. The normalized spacial score (nSPS) is 12.0. The highest BCUT2D eigenvalue weighted by molar-refractivity contribution is 5.37. The fourth-order valence-electron chi connectivity index (χ4n) is 2.35. The van der Waals surface area contributed by atoms with E-state index >= 15 is 0 Å². The van der Waals surface area contributed by atoms with Crippen molar-refractivity contribution in [1.82, 2.24) is 24.7 Å². The zero-order valence-corrected chi connectivity index (χ0v) is 15.7. The van der Waals surface area contributed by atoms with Crippen LogP contribution < -0.4 is 5.32 Å². The second-order valence-corrected chi connectivity index (χ2v) is 7.29. The standard InChI is InChI=1S/C17H28N6O/c1-11(2)15-22-21-14(23(15)6)9-18-13-8-12(10-24-7)19-16(20-13)17(3,4)5/h8,11H,9-10H2,1-7H3,(H,18,19,20). The molecule has 24 heavy (non-hydrogen) atoms. The lowest BCUT2D eigenvalue weighted by atomic mass is 9.95. The topological polar surface area (TPSA) is 77.8 Å². The maximum atomic E-state index is 5.22. The van der Waals surface area contributed by atoms with E-state index in [1.807, 2.05) is 17.7 Å². The van der Waals surface area contributed by atoms with Gasteiger partial charge in [0, 0.05) is 31.6 Å². The smallest absolute Gasteiger partial charge is 0.152 e. The minimum Gasteiger partial charge on any atom is -0.378 e. The molecule has 0 unspecified atom stereocenters. The minimum absolute atomic E-state index is 0.129. The Morgan fingerprint density at radius 3 is 2.46 bits per heavy atom. The third-order valence-corrected chi connectivity index (χ3v) is 3.68. The number of aromatic nitrogens is 5. The van der Waals surface area contributed by atoms with Gasteiger partial charge in [0.1, 0.15) is 17.5 Å². The van der Waals surface area contributed by atoms with Gasteiger partial charge in [-0.15, -0.1) is 10.2 Å². The first-order chi connectivity index (χ1) is 11.2. The zero-order chi connectivity index (χ0) is 17.9. The summed E-state index contributed by atoms with van der Waals surface area (Å²) in [6, 6.07) is 1.92. The van der Waals surface area contributed by atoms with Crippen molar-refractivity contribution in [3.8, 4) is 0 Å². The Kier molecular flexibility index (Phi) is 5.54. The van der Waals surface area contributed by atoms with Crippen molar-refractivity contribution in [2.45, 2.75) is 59.1 Å². The number of anilines is 1. The van der Waals surface area contributed by atoms with E-state index < -0.39 is 0 Å². The predicted molar refractivity (Wildman–Crippen MR) is 93.9 cm³/mol. The van der Waals surface area contributed by atoms with Crippen molar-refractivity contribution in [1.29, 1.82) is 0 Å². The molecule has 0 aliphatic heterocycles. The van der Waals surface area contributed by atoms with Gasteiger partial charge >= 0.3 is 0 Å². The van der Waals surface area contributed by atoms with Crippen LogP contribution in [0.4, 0.5) is 5.82 Å². The van der Waals surface area contributed by atoms with Crippen LogP contribution in [-0.2, 0) is 30.4 Å². The fraction of sp³-hybridized carbons (Fsp3) is 0.647. The highest BCUT2D eigenvalue weighted by Gasteiger charge is 2.19. The summed E-state index contributed by atoms with van der Waals surface area (Å²) in [5.41, 5.74) is 0.733. The molecule has 132 valence electrons. The maximum absolute atomic E-state index is 5.22. The van der Waals surface area contributed by atoms with Crippen molar-refractivity contribution in [2.24, 2.45) is 7.05 Å². The monoisotopic (exact) mass is 332 g/mol. The number of nitrogens with zero attached hydrogens (tertiary/aromatic N) is 5. The molecule has 2 aromatic heterocycles. The summed E-state index contributed by atoms with van der Waals surface area (Å²) < 4.78 is 7.24. The summed E-state index contributed by atoms with van der Waals surface area (Å²) in [5, 5.41) is 11.9. The van der Waals surface area contributed by atoms with Crippen LogP contribution in [0.15, 0.2) is 6.07 Å². The molecule has 2 rings (SSSR count). The van der Waals surface area contributed by atoms with E-state index in [0.29, 0.717) is 19.1 Å². The van der Waals surface area contributed by atoms with Crippen LogP contribution in [0.5, 0.6) is 0 Å². The fourth-order valence-corrected chi connectivity index (χ4v) is 2.35. The average molecular weight is 332 g/mol. The van der Waals surface area contributed by atoms with Crippen molar-refractivity contribution in [2.75, 3.05) is 12.4 Å². The van der Waals surface area contributed by atoms with Gasteiger partial charge in [-0.05, 0) is 0 Å². The Hall–Kier alpha value is -2.02. The van der Waals surface area contributed by atoms with Crippen LogP contribution in [0.2, 0.25) is 0 Å². The van der Waals surface area contributed by atoms with Gasteiger partial charge in [-0.3, -0.25) is 0 Å². The average Bonchev–Trinajstić information content (AvgIpc) is 2.85. The molecule has 2 aromatic rings. The SMILES string of the molecule is COCc1cc(NCc2nnc(C(C)C)n2C)nc(C(C)(C)C)n1. The van der Waals surface area contributed by atoms with E-state index in [9.17, 15) is 0 Å². The van der Waals surface area contributed by atoms with Gasteiger partial charge in [-0.25, -0.2) is 9.97 Å². The molecule has 1 N–H and O–H groups in total. The Morgan fingerprint density at radius 1 is 1.21 bits per heavy atom. The Balaban J connectivity index is 2.21.